The van der Waals surface area contributed by atoms with Crippen LogP contribution in [-0.2, 0) is 0 Å². The summed E-state index contributed by atoms with van der Waals surface area (Å²) in [6.45, 7) is 34.0. The van der Waals surface area contributed by atoms with Crippen LogP contribution in [-0.4, -0.2) is 0 Å². The third kappa shape index (κ3) is 3250. The van der Waals surface area contributed by atoms with Crippen LogP contribution < -0.4 is 0 Å². The van der Waals surface area contributed by atoms with Gasteiger partial charge in [0.2, 0.25) is 0 Å². The Balaban J connectivity index is -0.0000000212. The summed E-state index contributed by atoms with van der Waals surface area (Å²) >= 11 is 0. The molecule has 0 radical (unpaired) electrons. The predicted octanol–water partition coefficient (Wildman–Crippen LogP) is 18.6. The maximum absolute atomic E-state index is 2.12. The van der Waals surface area contributed by atoms with Gasteiger partial charge in [0, 0.05) is 0 Å². The van der Waals surface area contributed by atoms with E-state index >= 15 is 0 Å². The van der Waals surface area contributed by atoms with E-state index in [-0.39, 0.29) is 29.7 Å². The summed E-state index contributed by atoms with van der Waals surface area (Å²) < 4.78 is 0. The molecule has 4 rings (SSSR count). The molecule has 0 bridgehead atoms. The van der Waals surface area contributed by atoms with Crippen LogP contribution in [0.25, 0.3) is 0 Å². The summed E-state index contributed by atoms with van der Waals surface area (Å²) in [7, 11) is 0. The van der Waals surface area contributed by atoms with Crippen LogP contribution in [0.15, 0.2) is 0 Å². The third-order valence-electron chi connectivity index (χ3n) is 1.41. The molecule has 4 aliphatic rings. The lowest BCUT2D eigenvalue weighted by molar-refractivity contribution is 1.09. The van der Waals surface area contributed by atoms with Gasteiger partial charge in [0.05, 0.1) is 0 Å². The van der Waals surface area contributed by atoms with E-state index in [0.717, 1.165) is 0 Å². The smallest absolute Gasteiger partial charge is 0.0533 e. The zero-order chi connectivity index (χ0) is 30.1. The lowest BCUT2D eigenvalue weighted by atomic mass is 10.6. The Morgan fingerprint density at radius 1 is 0.175 bits per heavy atom. The van der Waals surface area contributed by atoms with Crippen molar-refractivity contribution in [2.75, 3.05) is 0 Å². The van der Waals surface area contributed by atoms with Crippen molar-refractivity contribution in [3.8, 4) is 0 Å². The van der Waals surface area contributed by atoms with Gasteiger partial charge in [-0.3, -0.25) is 0 Å². The summed E-state index contributed by atoms with van der Waals surface area (Å²) in [4.78, 5) is 0. The van der Waals surface area contributed by atoms with Crippen LogP contribution in [0.2, 0.25) is 0 Å². The molecule has 0 unspecified atom stereocenters. The van der Waals surface area contributed by atoms with Crippen molar-refractivity contribution in [1.29, 1.82) is 0 Å². The van der Waals surface area contributed by atoms with Crippen LogP contribution in [0.3, 0.4) is 0 Å². The largest absolute Gasteiger partial charge is 0.0776 e. The molecule has 4 fully saturated rings. The van der Waals surface area contributed by atoms with Crippen molar-refractivity contribution >= 4 is 0 Å². The summed E-state index contributed by atoms with van der Waals surface area (Å²) in [5.74, 6) is 0. The highest BCUT2D eigenvalue weighted by Gasteiger charge is 1.96. The first kappa shape index (κ1) is 77.6. The quantitative estimate of drug-likeness (QED) is 0.265. The zero-order valence-corrected chi connectivity index (χ0v) is 30.1. The second kappa shape index (κ2) is 141. The van der Waals surface area contributed by atoms with Gasteiger partial charge in [-0.2, -0.15) is 0 Å². The van der Waals surface area contributed by atoms with E-state index in [4.69, 9.17) is 0 Å². The molecule has 0 saturated heterocycles. The molecule has 0 heterocycles. The molecule has 0 N–H and O–H groups in total. The van der Waals surface area contributed by atoms with E-state index in [1.807, 2.05) is 0 Å². The van der Waals surface area contributed by atoms with Crippen LogP contribution in [0.1, 0.15) is 269 Å². The first-order valence-electron chi connectivity index (χ1n) is 17.3. The highest BCUT2D eigenvalue weighted by Crippen LogP contribution is 2.15. The normalized spacial score (nSPS) is 10.8. The average molecular weight is 585 g/mol. The summed E-state index contributed by atoms with van der Waals surface area (Å²) in [6.07, 6.45) is 28.0. The van der Waals surface area contributed by atoms with Crippen LogP contribution >= 0.6 is 0 Å². The van der Waals surface area contributed by atoms with Gasteiger partial charge < -0.3 is 0 Å². The van der Waals surface area contributed by atoms with Gasteiger partial charge in [-0.1, -0.05) is 269 Å². The van der Waals surface area contributed by atoms with Crippen LogP contribution in [0.5, 0.6) is 0 Å². The molecule has 4 saturated carbocycles. The summed E-state index contributed by atoms with van der Waals surface area (Å²) in [5, 5.41) is 0. The molecule has 0 heteroatoms. The van der Waals surface area contributed by atoms with Gasteiger partial charge in [0.25, 0.3) is 0 Å². The lowest BCUT2D eigenvalue weighted by Crippen LogP contribution is -1.27. The van der Waals surface area contributed by atoms with Crippen molar-refractivity contribution in [2.24, 2.45) is 0 Å². The van der Waals surface area contributed by atoms with Crippen molar-refractivity contribution < 1.29 is 0 Å². The maximum Gasteiger partial charge on any atom is -0.0533 e. The molecule has 0 spiro atoms. The second-order valence-corrected chi connectivity index (χ2v) is 9.90. The Labute approximate surface area is 268 Å². The van der Waals surface area contributed by atoms with Crippen molar-refractivity contribution in [3.05, 3.63) is 0 Å². The van der Waals surface area contributed by atoms with Crippen molar-refractivity contribution in [3.63, 3.8) is 0 Å². The Morgan fingerprint density at radius 2 is 0.200 bits per heavy atom. The minimum atomic E-state index is 0. The van der Waals surface area contributed by atoms with E-state index < -0.39 is 0 Å². The molecule has 40 heavy (non-hydrogen) atoms. The van der Waals surface area contributed by atoms with E-state index in [0.29, 0.717) is 0 Å². The van der Waals surface area contributed by atoms with Crippen LogP contribution in [0, 0.1) is 0 Å². The lowest BCUT2D eigenvalue weighted by Gasteiger charge is -1.48. The standard InChI is InChI=1S/4C3H6.8C3H8.4CH4/c4*1-2-3-1;8*1-3-2;;;;/h4*1-3H2;8*3H2,1-2H3;4*1H4. The fraction of sp³-hybridized carbons (Fsp3) is 1.00. The first-order valence-corrected chi connectivity index (χ1v) is 17.3. The molecule has 0 aromatic heterocycles. The second-order valence-electron chi connectivity index (χ2n) is 9.90. The molecular formula is C40H104. The third-order valence-corrected chi connectivity index (χ3v) is 1.41. The van der Waals surface area contributed by atoms with E-state index in [9.17, 15) is 0 Å². The summed E-state index contributed by atoms with van der Waals surface area (Å²) in [6, 6.07) is 0. The van der Waals surface area contributed by atoms with E-state index in [2.05, 4.69) is 111 Å². The fourth-order valence-electron chi connectivity index (χ4n) is 0. The molecule has 0 aliphatic heterocycles. The van der Waals surface area contributed by atoms with Crippen LogP contribution in [0.4, 0.5) is 0 Å². The van der Waals surface area contributed by atoms with Gasteiger partial charge in [-0.25, -0.2) is 0 Å². The van der Waals surface area contributed by atoms with E-state index in [1.165, 1.54) is 128 Å². The Morgan fingerprint density at radius 3 is 0.200 bits per heavy atom. The van der Waals surface area contributed by atoms with Gasteiger partial charge >= 0.3 is 0 Å². The van der Waals surface area contributed by atoms with Gasteiger partial charge in [0.1, 0.15) is 0 Å². The zero-order valence-electron chi connectivity index (χ0n) is 30.1. The average Bonchev–Trinajstić information content (AvgIpc) is 3.69. The first-order chi connectivity index (χ1) is 17.3. The molecule has 0 nitrogen and oxygen atoms in total. The molecule has 0 aromatic rings. The van der Waals surface area contributed by atoms with Gasteiger partial charge in [-0.15, -0.1) is 0 Å². The molecule has 0 amide bonds. The number of hydrogen-bond acceptors (Lipinski definition) is 0. The topological polar surface area (TPSA) is 0 Å². The molecule has 4 aliphatic carbocycles. The minimum Gasteiger partial charge on any atom is -0.0776 e. The summed E-state index contributed by atoms with van der Waals surface area (Å²) in [5.41, 5.74) is 0. The molecular weight excluding hydrogens is 480 g/mol. The predicted molar refractivity (Wildman–Crippen MR) is 210 cm³/mol. The van der Waals surface area contributed by atoms with Gasteiger partial charge in [0.15, 0.2) is 0 Å². The monoisotopic (exact) mass is 585 g/mol. The molecule has 264 valence electrons. The fourth-order valence-corrected chi connectivity index (χ4v) is 0. The number of rotatable bonds is 0. The molecule has 0 aromatic carbocycles. The Hall–Kier alpha value is 0. The highest BCUT2D eigenvalue weighted by atomic mass is 14.0. The van der Waals surface area contributed by atoms with E-state index in [1.54, 1.807) is 0 Å². The SMILES string of the molecule is C.C.C.C.C1CC1.C1CC1.C1CC1.C1CC1.CCC.CCC.CCC.CCC.CCC.CCC.CCC.CCC. The van der Waals surface area contributed by atoms with Gasteiger partial charge in [-0.05, 0) is 0 Å². The minimum absolute atomic E-state index is 0. The maximum atomic E-state index is 2.12. The number of hydrogen-bond donors (Lipinski definition) is 0. The van der Waals surface area contributed by atoms with Crippen molar-refractivity contribution in [2.45, 2.75) is 269 Å². The highest BCUT2D eigenvalue weighted by molar-refractivity contribution is 4.51. The van der Waals surface area contributed by atoms with Crippen molar-refractivity contribution in [1.82, 2.24) is 0 Å². The Bertz CT molecular complexity index is 106. The molecule has 0 atom stereocenters. The Kier molecular flexibility index (Phi) is 273.